The summed E-state index contributed by atoms with van der Waals surface area (Å²) >= 11 is 1.45. The second-order valence-corrected chi connectivity index (χ2v) is 6.15. The second-order valence-electron chi connectivity index (χ2n) is 5.25. The van der Waals surface area contributed by atoms with E-state index in [1.807, 2.05) is 11.4 Å². The lowest BCUT2D eigenvalue weighted by Gasteiger charge is -2.09. The maximum Gasteiger partial charge on any atom is 0.271 e. The van der Waals surface area contributed by atoms with E-state index < -0.39 is 4.92 Å². The normalized spacial score (nSPS) is 10.3. The van der Waals surface area contributed by atoms with Crippen molar-refractivity contribution in [3.8, 4) is 0 Å². The molecule has 2 aromatic carbocycles. The third-order valence-electron chi connectivity index (χ3n) is 3.49. The molecule has 0 fully saturated rings. The van der Waals surface area contributed by atoms with Crippen LogP contribution in [0.25, 0.3) is 0 Å². The molecule has 126 valence electrons. The van der Waals surface area contributed by atoms with Crippen molar-refractivity contribution in [1.29, 1.82) is 0 Å². The second kappa shape index (κ2) is 7.10. The first kappa shape index (κ1) is 16.6. The fourth-order valence-electron chi connectivity index (χ4n) is 2.20. The number of hydrogen-bond donors (Lipinski definition) is 2. The number of nitro groups is 1. The number of thiazole rings is 1. The average molecular weight is 354 g/mol. The van der Waals surface area contributed by atoms with Crippen LogP contribution < -0.4 is 10.6 Å². The number of aromatic nitrogens is 1. The van der Waals surface area contributed by atoms with Crippen molar-refractivity contribution in [2.45, 2.75) is 6.92 Å². The molecule has 0 aliphatic carbocycles. The van der Waals surface area contributed by atoms with Gasteiger partial charge in [0.2, 0.25) is 0 Å². The summed E-state index contributed by atoms with van der Waals surface area (Å²) in [7, 11) is 0. The Morgan fingerprint density at radius 3 is 2.80 bits per heavy atom. The number of aryl methyl sites for hydroxylation is 1. The highest BCUT2D eigenvalue weighted by atomic mass is 32.1. The van der Waals surface area contributed by atoms with E-state index in [1.54, 1.807) is 37.4 Å². The summed E-state index contributed by atoms with van der Waals surface area (Å²) < 4.78 is 0. The van der Waals surface area contributed by atoms with Crippen molar-refractivity contribution in [2.75, 3.05) is 10.6 Å². The molecule has 0 saturated carbocycles. The molecule has 3 rings (SSSR count). The number of nitro benzene ring substituents is 1. The van der Waals surface area contributed by atoms with Gasteiger partial charge >= 0.3 is 0 Å². The number of benzene rings is 2. The highest BCUT2D eigenvalue weighted by Crippen LogP contribution is 2.24. The standard InChI is InChI=1S/C17H14N4O3S/c1-11-5-6-14(21(23)24)10-15(11)20-16(22)12-3-2-4-13(9-12)19-17-18-7-8-25-17/h2-10H,1H3,(H,18,19)(H,20,22). The summed E-state index contributed by atoms with van der Waals surface area (Å²) in [6.07, 6.45) is 1.69. The molecule has 0 bridgehead atoms. The Bertz CT molecular complexity index is 925. The molecule has 2 N–H and O–H groups in total. The minimum absolute atomic E-state index is 0.0694. The zero-order chi connectivity index (χ0) is 17.8. The Balaban J connectivity index is 1.79. The van der Waals surface area contributed by atoms with Gasteiger partial charge in [-0.2, -0.15) is 0 Å². The van der Waals surface area contributed by atoms with Gasteiger partial charge in [-0.15, -0.1) is 11.3 Å². The van der Waals surface area contributed by atoms with E-state index in [0.29, 0.717) is 11.3 Å². The molecule has 1 amide bonds. The smallest absolute Gasteiger partial charge is 0.271 e. The summed E-state index contributed by atoms with van der Waals surface area (Å²) in [5, 5.41) is 19.3. The Kier molecular flexibility index (Phi) is 4.71. The van der Waals surface area contributed by atoms with Gasteiger partial charge in [-0.3, -0.25) is 14.9 Å². The van der Waals surface area contributed by atoms with Gasteiger partial charge in [0.05, 0.1) is 10.6 Å². The SMILES string of the molecule is Cc1ccc([N+](=O)[O-])cc1NC(=O)c1cccc(Nc2nccs2)c1. The predicted molar refractivity (Wildman–Crippen MR) is 97.6 cm³/mol. The molecule has 0 unspecified atom stereocenters. The van der Waals surface area contributed by atoms with E-state index >= 15 is 0 Å². The predicted octanol–water partition coefficient (Wildman–Crippen LogP) is 4.36. The van der Waals surface area contributed by atoms with Gasteiger partial charge in [0.1, 0.15) is 0 Å². The van der Waals surface area contributed by atoms with Crippen LogP contribution in [-0.4, -0.2) is 15.8 Å². The summed E-state index contributed by atoms with van der Waals surface area (Å²) in [6.45, 7) is 1.78. The molecule has 25 heavy (non-hydrogen) atoms. The number of carbonyl (C=O) groups is 1. The minimum atomic E-state index is -0.492. The molecule has 0 radical (unpaired) electrons. The quantitative estimate of drug-likeness (QED) is 0.524. The maximum absolute atomic E-state index is 12.5. The molecule has 1 aromatic heterocycles. The zero-order valence-electron chi connectivity index (χ0n) is 13.2. The summed E-state index contributed by atoms with van der Waals surface area (Å²) in [6, 6.07) is 11.3. The number of carbonyl (C=O) groups excluding carboxylic acids is 1. The molecule has 0 spiro atoms. The topological polar surface area (TPSA) is 97.2 Å². The number of anilines is 3. The zero-order valence-corrected chi connectivity index (χ0v) is 14.0. The third kappa shape index (κ3) is 3.99. The Morgan fingerprint density at radius 2 is 2.08 bits per heavy atom. The highest BCUT2D eigenvalue weighted by molar-refractivity contribution is 7.13. The van der Waals surface area contributed by atoms with E-state index in [-0.39, 0.29) is 11.6 Å². The van der Waals surface area contributed by atoms with Crippen molar-refractivity contribution in [2.24, 2.45) is 0 Å². The van der Waals surface area contributed by atoms with Gasteiger partial charge in [0, 0.05) is 35.0 Å². The largest absolute Gasteiger partial charge is 0.332 e. The van der Waals surface area contributed by atoms with Crippen LogP contribution in [0.4, 0.5) is 22.2 Å². The molecule has 1 heterocycles. The summed E-state index contributed by atoms with van der Waals surface area (Å²) in [5.41, 5.74) is 2.26. The van der Waals surface area contributed by atoms with Gasteiger partial charge in [0.15, 0.2) is 5.13 Å². The number of hydrogen-bond acceptors (Lipinski definition) is 6. The Hall–Kier alpha value is -3.26. The van der Waals surface area contributed by atoms with Crippen LogP contribution in [0.3, 0.4) is 0 Å². The van der Waals surface area contributed by atoms with E-state index in [9.17, 15) is 14.9 Å². The lowest BCUT2D eigenvalue weighted by Crippen LogP contribution is -2.13. The van der Waals surface area contributed by atoms with Crippen LogP contribution in [0.2, 0.25) is 0 Å². The lowest BCUT2D eigenvalue weighted by atomic mass is 10.1. The van der Waals surface area contributed by atoms with Crippen LogP contribution >= 0.6 is 11.3 Å². The molecule has 0 atom stereocenters. The van der Waals surface area contributed by atoms with Crippen molar-refractivity contribution in [3.05, 3.63) is 75.3 Å². The van der Waals surface area contributed by atoms with Gasteiger partial charge < -0.3 is 10.6 Å². The molecule has 3 aromatic rings. The highest BCUT2D eigenvalue weighted by Gasteiger charge is 2.13. The number of nitrogens with zero attached hydrogens (tertiary/aromatic N) is 2. The van der Waals surface area contributed by atoms with Gasteiger partial charge in [-0.1, -0.05) is 12.1 Å². The summed E-state index contributed by atoms with van der Waals surface area (Å²) in [5.74, 6) is -0.341. The molecule has 8 heteroatoms. The van der Waals surface area contributed by atoms with Crippen LogP contribution in [0.15, 0.2) is 54.0 Å². The van der Waals surface area contributed by atoms with Crippen LogP contribution in [0, 0.1) is 17.0 Å². The Labute approximate surface area is 147 Å². The van der Waals surface area contributed by atoms with Crippen LogP contribution in [0.5, 0.6) is 0 Å². The minimum Gasteiger partial charge on any atom is -0.332 e. The summed E-state index contributed by atoms with van der Waals surface area (Å²) in [4.78, 5) is 27.0. The van der Waals surface area contributed by atoms with Gasteiger partial charge in [0.25, 0.3) is 11.6 Å². The van der Waals surface area contributed by atoms with E-state index in [4.69, 9.17) is 0 Å². The van der Waals surface area contributed by atoms with E-state index in [2.05, 4.69) is 15.6 Å². The van der Waals surface area contributed by atoms with Crippen molar-refractivity contribution >= 4 is 39.4 Å². The van der Waals surface area contributed by atoms with Gasteiger partial charge in [-0.25, -0.2) is 4.98 Å². The van der Waals surface area contributed by atoms with Crippen LogP contribution in [-0.2, 0) is 0 Å². The number of rotatable bonds is 5. The fraction of sp³-hybridized carbons (Fsp3) is 0.0588. The van der Waals surface area contributed by atoms with E-state index in [1.165, 1.54) is 23.5 Å². The number of amides is 1. The molecular formula is C17H14N4O3S. The Morgan fingerprint density at radius 1 is 1.24 bits per heavy atom. The first-order chi connectivity index (χ1) is 12.0. The molecular weight excluding hydrogens is 340 g/mol. The van der Waals surface area contributed by atoms with E-state index in [0.717, 1.165) is 16.4 Å². The third-order valence-corrected chi connectivity index (χ3v) is 4.18. The number of non-ortho nitro benzene ring substituents is 1. The van der Waals surface area contributed by atoms with Crippen LogP contribution in [0.1, 0.15) is 15.9 Å². The van der Waals surface area contributed by atoms with Crippen molar-refractivity contribution in [1.82, 2.24) is 4.98 Å². The number of nitrogens with one attached hydrogen (secondary N) is 2. The molecule has 0 aliphatic rings. The average Bonchev–Trinajstić information content (AvgIpc) is 3.09. The van der Waals surface area contributed by atoms with Crippen molar-refractivity contribution < 1.29 is 9.72 Å². The first-order valence-corrected chi connectivity index (χ1v) is 8.24. The maximum atomic E-state index is 12.5. The monoisotopic (exact) mass is 354 g/mol. The fourth-order valence-corrected chi connectivity index (χ4v) is 2.75. The van der Waals surface area contributed by atoms with Gasteiger partial charge in [-0.05, 0) is 30.7 Å². The lowest BCUT2D eigenvalue weighted by molar-refractivity contribution is -0.384. The molecule has 0 saturated heterocycles. The first-order valence-electron chi connectivity index (χ1n) is 7.36. The van der Waals surface area contributed by atoms with Crippen molar-refractivity contribution in [3.63, 3.8) is 0 Å². The molecule has 0 aliphatic heterocycles. The molecule has 7 nitrogen and oxygen atoms in total.